The van der Waals surface area contributed by atoms with Crippen LogP contribution in [0.25, 0.3) is 5.69 Å². The van der Waals surface area contributed by atoms with Gasteiger partial charge in [-0.3, -0.25) is 9.48 Å². The number of para-hydroxylation sites is 1. The molecule has 0 atom stereocenters. The molecule has 1 aromatic heterocycles. The molecule has 0 spiro atoms. The molecule has 8 nitrogen and oxygen atoms in total. The van der Waals surface area contributed by atoms with Gasteiger partial charge in [-0.05, 0) is 50.2 Å². The Bertz CT molecular complexity index is 1180. The van der Waals surface area contributed by atoms with Gasteiger partial charge in [0.2, 0.25) is 0 Å². The van der Waals surface area contributed by atoms with Crippen molar-refractivity contribution < 1.29 is 13.2 Å². The third-order valence-corrected chi connectivity index (χ3v) is 5.59. The summed E-state index contributed by atoms with van der Waals surface area (Å²) < 4.78 is 33.3. The number of hydrogen-bond donors (Lipinski definition) is 1. The summed E-state index contributed by atoms with van der Waals surface area (Å²) in [6.07, 6.45) is 1.32. The van der Waals surface area contributed by atoms with Gasteiger partial charge >= 0.3 is 0 Å². The predicted octanol–water partition coefficient (Wildman–Crippen LogP) is 2.20. The molecule has 0 aliphatic carbocycles. The Labute approximate surface area is 169 Å². The second kappa shape index (κ2) is 8.36. The first kappa shape index (κ1) is 20.4. The highest BCUT2D eigenvalue weighted by molar-refractivity contribution is 7.89. The van der Waals surface area contributed by atoms with E-state index < -0.39 is 10.0 Å². The van der Waals surface area contributed by atoms with E-state index in [0.717, 1.165) is 0 Å². The standard InChI is InChI=1S/C20H22N4O4S/c1-4-28-17-10-12-18(13-11-17)29(26,27)22-21-14-19-15(2)20(25)24(23(19)3)16-8-6-5-7-9-16/h5-14,22H,4H2,1-3H3/b21-14-. The SMILES string of the molecule is CCOc1ccc(S(=O)(=O)N/N=C\c2c(C)c(=O)n(-c3ccccc3)n2C)cc1. The summed E-state index contributed by atoms with van der Waals surface area (Å²) in [6, 6.07) is 15.2. The summed E-state index contributed by atoms with van der Waals surface area (Å²) in [7, 11) is -2.13. The Balaban J connectivity index is 1.84. The number of hydrazone groups is 1. The Morgan fingerprint density at radius 3 is 2.38 bits per heavy atom. The Morgan fingerprint density at radius 2 is 1.76 bits per heavy atom. The second-order valence-electron chi connectivity index (χ2n) is 6.24. The highest BCUT2D eigenvalue weighted by atomic mass is 32.2. The average molecular weight is 414 g/mol. The number of ether oxygens (including phenoxy) is 1. The molecule has 0 saturated heterocycles. The Kier molecular flexibility index (Phi) is 5.88. The highest BCUT2D eigenvalue weighted by Crippen LogP contribution is 2.16. The minimum absolute atomic E-state index is 0.0607. The molecular formula is C20H22N4O4S. The van der Waals surface area contributed by atoms with E-state index >= 15 is 0 Å². The minimum Gasteiger partial charge on any atom is -0.494 e. The summed E-state index contributed by atoms with van der Waals surface area (Å²) in [5, 5.41) is 3.85. The van der Waals surface area contributed by atoms with Crippen LogP contribution in [-0.4, -0.2) is 30.6 Å². The quantitative estimate of drug-likeness (QED) is 0.474. The van der Waals surface area contributed by atoms with Crippen molar-refractivity contribution in [1.82, 2.24) is 14.2 Å². The van der Waals surface area contributed by atoms with Crippen molar-refractivity contribution in [2.45, 2.75) is 18.7 Å². The van der Waals surface area contributed by atoms with Crippen LogP contribution in [0.15, 0.2) is 69.4 Å². The van der Waals surface area contributed by atoms with Crippen LogP contribution in [0.5, 0.6) is 5.75 Å². The van der Waals surface area contributed by atoms with E-state index in [0.29, 0.717) is 29.3 Å². The molecule has 1 heterocycles. The number of nitrogens with zero attached hydrogens (tertiary/aromatic N) is 3. The van der Waals surface area contributed by atoms with Gasteiger partial charge in [-0.2, -0.15) is 13.5 Å². The van der Waals surface area contributed by atoms with Gasteiger partial charge in [0.15, 0.2) is 0 Å². The molecule has 9 heteroatoms. The highest BCUT2D eigenvalue weighted by Gasteiger charge is 2.16. The molecule has 3 rings (SSSR count). The normalized spacial score (nSPS) is 11.7. The lowest BCUT2D eigenvalue weighted by molar-refractivity contribution is 0.340. The molecular weight excluding hydrogens is 392 g/mol. The largest absolute Gasteiger partial charge is 0.494 e. The molecule has 0 saturated carbocycles. The van der Waals surface area contributed by atoms with Crippen molar-refractivity contribution in [3.8, 4) is 11.4 Å². The van der Waals surface area contributed by atoms with E-state index in [9.17, 15) is 13.2 Å². The summed E-state index contributed by atoms with van der Waals surface area (Å²) in [4.78, 5) is 14.8. The molecule has 0 fully saturated rings. The van der Waals surface area contributed by atoms with Gasteiger partial charge in [0.05, 0.1) is 29.1 Å². The van der Waals surface area contributed by atoms with Crippen LogP contribution in [-0.2, 0) is 17.1 Å². The van der Waals surface area contributed by atoms with Crippen LogP contribution >= 0.6 is 0 Å². The fraction of sp³-hybridized carbons (Fsp3) is 0.200. The lowest BCUT2D eigenvalue weighted by Gasteiger charge is -2.08. The van der Waals surface area contributed by atoms with E-state index in [1.807, 2.05) is 37.3 Å². The molecule has 0 aliphatic rings. The first-order valence-electron chi connectivity index (χ1n) is 8.97. The van der Waals surface area contributed by atoms with Gasteiger partial charge in [0.1, 0.15) is 5.75 Å². The monoisotopic (exact) mass is 414 g/mol. The maximum atomic E-state index is 12.6. The topological polar surface area (TPSA) is 94.7 Å². The van der Waals surface area contributed by atoms with Gasteiger partial charge in [-0.1, -0.05) is 18.2 Å². The van der Waals surface area contributed by atoms with E-state index in [-0.39, 0.29) is 10.5 Å². The van der Waals surface area contributed by atoms with Crippen molar-refractivity contribution >= 4 is 16.2 Å². The van der Waals surface area contributed by atoms with Gasteiger partial charge < -0.3 is 4.74 Å². The van der Waals surface area contributed by atoms with Crippen LogP contribution in [0.4, 0.5) is 0 Å². The lowest BCUT2D eigenvalue weighted by atomic mass is 10.3. The Morgan fingerprint density at radius 1 is 1.10 bits per heavy atom. The van der Waals surface area contributed by atoms with Gasteiger partial charge in [-0.25, -0.2) is 9.51 Å². The molecule has 1 N–H and O–H groups in total. The van der Waals surface area contributed by atoms with E-state index in [1.165, 1.54) is 23.0 Å². The second-order valence-corrected chi connectivity index (χ2v) is 7.90. The summed E-state index contributed by atoms with van der Waals surface area (Å²) in [5.74, 6) is 0.586. The van der Waals surface area contributed by atoms with Gasteiger partial charge in [0.25, 0.3) is 15.6 Å². The number of aromatic nitrogens is 2. The van der Waals surface area contributed by atoms with Gasteiger partial charge in [-0.15, -0.1) is 0 Å². The lowest BCUT2D eigenvalue weighted by Crippen LogP contribution is -2.20. The van der Waals surface area contributed by atoms with Crippen LogP contribution in [0.1, 0.15) is 18.2 Å². The van der Waals surface area contributed by atoms with Crippen LogP contribution in [0, 0.1) is 6.92 Å². The molecule has 0 radical (unpaired) electrons. The Hall–Kier alpha value is -3.33. The number of hydrogen-bond acceptors (Lipinski definition) is 5. The average Bonchev–Trinajstić information content (AvgIpc) is 2.92. The van der Waals surface area contributed by atoms with Crippen molar-refractivity contribution in [1.29, 1.82) is 0 Å². The van der Waals surface area contributed by atoms with Crippen LogP contribution in [0.3, 0.4) is 0 Å². The summed E-state index contributed by atoms with van der Waals surface area (Å²) in [6.45, 7) is 4.01. The maximum absolute atomic E-state index is 12.6. The van der Waals surface area contributed by atoms with E-state index in [2.05, 4.69) is 9.93 Å². The fourth-order valence-electron chi connectivity index (χ4n) is 2.89. The van der Waals surface area contributed by atoms with Crippen molar-refractivity contribution in [2.75, 3.05) is 6.61 Å². The molecule has 152 valence electrons. The number of sulfonamides is 1. The number of rotatable bonds is 7. The van der Waals surface area contributed by atoms with E-state index in [1.54, 1.807) is 30.8 Å². The van der Waals surface area contributed by atoms with Crippen molar-refractivity contribution in [3.05, 3.63) is 76.2 Å². The number of benzene rings is 2. The molecule has 3 aromatic rings. The zero-order valence-corrected chi connectivity index (χ0v) is 17.2. The van der Waals surface area contributed by atoms with Crippen LogP contribution < -0.4 is 15.1 Å². The summed E-state index contributed by atoms with van der Waals surface area (Å²) in [5.41, 5.74) is 1.46. The molecule has 0 unspecified atom stereocenters. The summed E-state index contributed by atoms with van der Waals surface area (Å²) >= 11 is 0. The third kappa shape index (κ3) is 4.24. The van der Waals surface area contributed by atoms with Crippen LogP contribution in [0.2, 0.25) is 0 Å². The minimum atomic E-state index is -3.84. The smallest absolute Gasteiger partial charge is 0.276 e. The molecule has 0 amide bonds. The molecule has 0 bridgehead atoms. The fourth-order valence-corrected chi connectivity index (χ4v) is 3.68. The molecule has 29 heavy (non-hydrogen) atoms. The molecule has 0 aliphatic heterocycles. The van der Waals surface area contributed by atoms with Crippen molar-refractivity contribution in [2.24, 2.45) is 12.1 Å². The first-order valence-corrected chi connectivity index (χ1v) is 10.4. The van der Waals surface area contributed by atoms with Crippen molar-refractivity contribution in [3.63, 3.8) is 0 Å². The predicted molar refractivity (Wildman–Crippen MR) is 111 cm³/mol. The van der Waals surface area contributed by atoms with E-state index in [4.69, 9.17) is 4.74 Å². The third-order valence-electron chi connectivity index (χ3n) is 4.35. The molecule has 2 aromatic carbocycles. The first-order chi connectivity index (χ1) is 13.8. The van der Waals surface area contributed by atoms with Gasteiger partial charge in [0, 0.05) is 12.6 Å². The zero-order valence-electron chi connectivity index (χ0n) is 16.4. The zero-order chi connectivity index (χ0) is 21.0. The number of nitrogens with one attached hydrogen (secondary N) is 1. The maximum Gasteiger partial charge on any atom is 0.276 e.